The topological polar surface area (TPSA) is 47.1 Å². The number of piperidine rings is 1. The Bertz CT molecular complexity index is 348. The van der Waals surface area contributed by atoms with Crippen LogP contribution in [-0.4, -0.2) is 33.8 Å². The van der Waals surface area contributed by atoms with E-state index in [0.29, 0.717) is 6.04 Å². The standard InChI is InChI=1S/C12H20N4/c13-10-8-14-16(9-10)12-4-6-15(7-5-12)11-2-1-3-11/h8-9,11-12H,1-7,13H2. The fourth-order valence-electron chi connectivity index (χ4n) is 2.82. The van der Waals surface area contributed by atoms with Gasteiger partial charge in [0, 0.05) is 25.3 Å². The lowest BCUT2D eigenvalue weighted by Gasteiger charge is -2.41. The molecule has 2 fully saturated rings. The molecule has 1 saturated heterocycles. The van der Waals surface area contributed by atoms with Gasteiger partial charge in [0.25, 0.3) is 0 Å². The van der Waals surface area contributed by atoms with Crippen molar-refractivity contribution in [1.29, 1.82) is 0 Å². The molecule has 2 heterocycles. The number of nitrogens with two attached hydrogens (primary N) is 1. The second kappa shape index (κ2) is 4.09. The zero-order valence-corrected chi connectivity index (χ0v) is 9.68. The first-order valence-corrected chi connectivity index (χ1v) is 6.36. The van der Waals surface area contributed by atoms with Gasteiger partial charge in [-0.15, -0.1) is 0 Å². The van der Waals surface area contributed by atoms with E-state index in [9.17, 15) is 0 Å². The average Bonchev–Trinajstić information content (AvgIpc) is 2.63. The van der Waals surface area contributed by atoms with Gasteiger partial charge >= 0.3 is 0 Å². The summed E-state index contributed by atoms with van der Waals surface area (Å²) in [6, 6.07) is 1.46. The number of hydrogen-bond donors (Lipinski definition) is 1. The third-order valence-electron chi connectivity index (χ3n) is 4.09. The van der Waals surface area contributed by atoms with E-state index in [0.717, 1.165) is 11.7 Å². The highest BCUT2D eigenvalue weighted by Crippen LogP contribution is 2.30. The van der Waals surface area contributed by atoms with Crippen molar-refractivity contribution in [3.05, 3.63) is 12.4 Å². The van der Waals surface area contributed by atoms with Crippen LogP contribution in [0.3, 0.4) is 0 Å². The van der Waals surface area contributed by atoms with Gasteiger partial charge in [0.05, 0.1) is 17.9 Å². The number of hydrogen-bond acceptors (Lipinski definition) is 3. The maximum absolute atomic E-state index is 5.70. The summed E-state index contributed by atoms with van der Waals surface area (Å²) in [7, 11) is 0. The van der Waals surface area contributed by atoms with Crippen LogP contribution in [0, 0.1) is 0 Å². The predicted molar refractivity (Wildman–Crippen MR) is 64.1 cm³/mol. The van der Waals surface area contributed by atoms with Crippen molar-refractivity contribution in [2.24, 2.45) is 0 Å². The van der Waals surface area contributed by atoms with Crippen molar-refractivity contribution in [2.75, 3.05) is 18.8 Å². The van der Waals surface area contributed by atoms with Gasteiger partial charge < -0.3 is 10.6 Å². The first kappa shape index (κ1) is 10.1. The van der Waals surface area contributed by atoms with E-state index in [-0.39, 0.29) is 0 Å². The van der Waals surface area contributed by atoms with Gasteiger partial charge in [0.1, 0.15) is 0 Å². The lowest BCUT2D eigenvalue weighted by molar-refractivity contribution is 0.0842. The van der Waals surface area contributed by atoms with Crippen molar-refractivity contribution >= 4 is 5.69 Å². The average molecular weight is 220 g/mol. The van der Waals surface area contributed by atoms with Crippen LogP contribution >= 0.6 is 0 Å². The summed E-state index contributed by atoms with van der Waals surface area (Å²) in [5.74, 6) is 0. The molecule has 1 saturated carbocycles. The Labute approximate surface area is 96.4 Å². The van der Waals surface area contributed by atoms with Crippen LogP contribution < -0.4 is 5.73 Å². The van der Waals surface area contributed by atoms with Gasteiger partial charge in [-0.1, -0.05) is 6.42 Å². The molecule has 1 aliphatic carbocycles. The molecule has 2 N–H and O–H groups in total. The van der Waals surface area contributed by atoms with Crippen molar-refractivity contribution in [2.45, 2.75) is 44.2 Å². The van der Waals surface area contributed by atoms with Crippen molar-refractivity contribution in [3.8, 4) is 0 Å². The first-order valence-electron chi connectivity index (χ1n) is 6.36. The molecule has 0 radical (unpaired) electrons. The van der Waals surface area contributed by atoms with Crippen LogP contribution in [-0.2, 0) is 0 Å². The Morgan fingerprint density at radius 1 is 1.12 bits per heavy atom. The van der Waals surface area contributed by atoms with Gasteiger partial charge in [-0.25, -0.2) is 0 Å². The summed E-state index contributed by atoms with van der Waals surface area (Å²) in [6.45, 7) is 2.46. The lowest BCUT2D eigenvalue weighted by Crippen LogP contribution is -2.45. The molecule has 16 heavy (non-hydrogen) atoms. The van der Waals surface area contributed by atoms with E-state index in [1.165, 1.54) is 45.2 Å². The van der Waals surface area contributed by atoms with Gasteiger partial charge in [0.2, 0.25) is 0 Å². The van der Waals surface area contributed by atoms with E-state index in [2.05, 4.69) is 10.00 Å². The van der Waals surface area contributed by atoms with Gasteiger partial charge in [-0.2, -0.15) is 5.10 Å². The second-order valence-corrected chi connectivity index (χ2v) is 5.11. The van der Waals surface area contributed by atoms with E-state index in [1.54, 1.807) is 6.20 Å². The smallest absolute Gasteiger partial charge is 0.0719 e. The van der Waals surface area contributed by atoms with Gasteiger partial charge in [-0.05, 0) is 25.7 Å². The van der Waals surface area contributed by atoms with Crippen LogP contribution in [0.25, 0.3) is 0 Å². The third-order valence-corrected chi connectivity index (χ3v) is 4.09. The van der Waals surface area contributed by atoms with Crippen LogP contribution in [0.1, 0.15) is 38.1 Å². The molecule has 0 amide bonds. The summed E-state index contributed by atoms with van der Waals surface area (Å²) in [4.78, 5) is 2.66. The summed E-state index contributed by atoms with van der Waals surface area (Å²) in [6.07, 6.45) is 10.4. The fraction of sp³-hybridized carbons (Fsp3) is 0.750. The van der Waals surface area contributed by atoms with Crippen molar-refractivity contribution in [3.63, 3.8) is 0 Å². The lowest BCUT2D eigenvalue weighted by atomic mass is 9.89. The second-order valence-electron chi connectivity index (χ2n) is 5.11. The molecule has 0 aromatic carbocycles. The van der Waals surface area contributed by atoms with Gasteiger partial charge in [-0.3, -0.25) is 4.68 Å². The van der Waals surface area contributed by atoms with E-state index in [1.807, 2.05) is 10.9 Å². The number of nitrogens with zero attached hydrogens (tertiary/aromatic N) is 3. The molecule has 0 unspecified atom stereocenters. The van der Waals surface area contributed by atoms with Crippen LogP contribution in [0.5, 0.6) is 0 Å². The molecule has 1 aliphatic heterocycles. The Morgan fingerprint density at radius 3 is 2.38 bits per heavy atom. The van der Waals surface area contributed by atoms with Crippen LogP contribution in [0.4, 0.5) is 5.69 Å². The maximum Gasteiger partial charge on any atom is 0.0719 e. The SMILES string of the molecule is Nc1cnn(C2CCN(C3CCC3)CC2)c1. The summed E-state index contributed by atoms with van der Waals surface area (Å²) >= 11 is 0. The summed E-state index contributed by atoms with van der Waals surface area (Å²) in [5.41, 5.74) is 6.48. The molecule has 3 rings (SSSR count). The Kier molecular flexibility index (Phi) is 2.59. The molecule has 4 heteroatoms. The zero-order valence-electron chi connectivity index (χ0n) is 9.68. The minimum Gasteiger partial charge on any atom is -0.396 e. The zero-order chi connectivity index (χ0) is 11.0. The Balaban J connectivity index is 1.57. The molecule has 2 aliphatic rings. The van der Waals surface area contributed by atoms with Crippen molar-refractivity contribution < 1.29 is 0 Å². The molecule has 0 bridgehead atoms. The molecular formula is C12H20N4. The molecule has 88 valence electrons. The molecule has 1 aromatic heterocycles. The Morgan fingerprint density at radius 2 is 1.88 bits per heavy atom. The first-order chi connectivity index (χ1) is 7.83. The van der Waals surface area contributed by atoms with Crippen LogP contribution in [0.15, 0.2) is 12.4 Å². The molecule has 4 nitrogen and oxygen atoms in total. The van der Waals surface area contributed by atoms with Gasteiger partial charge in [0.15, 0.2) is 0 Å². The largest absolute Gasteiger partial charge is 0.396 e. The molecule has 0 atom stereocenters. The highest BCUT2D eigenvalue weighted by Gasteiger charge is 2.29. The minimum absolute atomic E-state index is 0.564. The normalized spacial score (nSPS) is 24.5. The number of anilines is 1. The Hall–Kier alpha value is -1.03. The number of nitrogen functional groups attached to an aromatic ring is 1. The monoisotopic (exact) mass is 220 g/mol. The summed E-state index contributed by atoms with van der Waals surface area (Å²) in [5, 5.41) is 4.32. The van der Waals surface area contributed by atoms with E-state index in [4.69, 9.17) is 5.73 Å². The highest BCUT2D eigenvalue weighted by molar-refractivity contribution is 5.30. The van der Waals surface area contributed by atoms with E-state index >= 15 is 0 Å². The highest BCUT2D eigenvalue weighted by atomic mass is 15.3. The molecule has 0 spiro atoms. The van der Waals surface area contributed by atoms with Crippen molar-refractivity contribution in [1.82, 2.24) is 14.7 Å². The maximum atomic E-state index is 5.70. The fourth-order valence-corrected chi connectivity index (χ4v) is 2.82. The summed E-state index contributed by atoms with van der Waals surface area (Å²) < 4.78 is 2.05. The predicted octanol–water partition coefficient (Wildman–Crippen LogP) is 1.65. The number of aromatic nitrogens is 2. The third kappa shape index (κ3) is 1.82. The van der Waals surface area contributed by atoms with E-state index < -0.39 is 0 Å². The number of likely N-dealkylation sites (tertiary alicyclic amines) is 1. The number of rotatable bonds is 2. The van der Waals surface area contributed by atoms with Crippen LogP contribution in [0.2, 0.25) is 0 Å². The molecule has 1 aromatic rings. The minimum atomic E-state index is 0.564. The molecular weight excluding hydrogens is 200 g/mol. The quantitative estimate of drug-likeness (QED) is 0.824.